The molecule has 1 aliphatic heterocycles. The second-order valence-corrected chi connectivity index (χ2v) is 3.36. The maximum Gasteiger partial charge on any atom is 0.389 e. The molecule has 74 valence electrons. The van der Waals surface area contributed by atoms with Crippen molar-refractivity contribution in [2.75, 3.05) is 0 Å². The van der Waals surface area contributed by atoms with Gasteiger partial charge < -0.3 is 9.47 Å². The number of rotatable bonds is 1. The number of hydrogen-bond donors (Lipinski definition) is 0. The molecule has 2 rings (SSSR count). The monoisotopic (exact) mass is 191 g/mol. The molecular weight excluding hydrogens is 178 g/mol. The summed E-state index contributed by atoms with van der Waals surface area (Å²) in [5.41, 5.74) is 0.851. The van der Waals surface area contributed by atoms with Gasteiger partial charge in [0.1, 0.15) is 12.2 Å². The van der Waals surface area contributed by atoms with Gasteiger partial charge in [-0.2, -0.15) is 4.99 Å². The molecule has 0 aliphatic carbocycles. The van der Waals surface area contributed by atoms with E-state index in [1.807, 2.05) is 44.2 Å². The van der Waals surface area contributed by atoms with Crippen molar-refractivity contribution in [2.45, 2.75) is 26.1 Å². The Morgan fingerprint density at radius 2 is 1.57 bits per heavy atom. The van der Waals surface area contributed by atoms with Crippen LogP contribution in [0.25, 0.3) is 0 Å². The third-order valence-corrected chi connectivity index (χ3v) is 2.21. The van der Waals surface area contributed by atoms with Gasteiger partial charge in [-0.05, 0) is 26.0 Å². The van der Waals surface area contributed by atoms with Crippen LogP contribution in [0, 0.1) is 0 Å². The van der Waals surface area contributed by atoms with Crippen LogP contribution in [0.5, 0.6) is 0 Å². The highest BCUT2D eigenvalue weighted by molar-refractivity contribution is 5.72. The largest absolute Gasteiger partial charge is 0.444 e. The van der Waals surface area contributed by atoms with Crippen molar-refractivity contribution in [1.29, 1.82) is 0 Å². The van der Waals surface area contributed by atoms with Gasteiger partial charge in [0.25, 0.3) is 0 Å². The molecule has 0 bridgehead atoms. The first-order chi connectivity index (χ1) is 6.75. The molecule has 0 aromatic heterocycles. The van der Waals surface area contributed by atoms with Crippen LogP contribution in [0.2, 0.25) is 0 Å². The number of hydrogen-bond acceptors (Lipinski definition) is 3. The van der Waals surface area contributed by atoms with Crippen molar-refractivity contribution in [2.24, 2.45) is 4.99 Å². The Hall–Kier alpha value is -1.51. The van der Waals surface area contributed by atoms with Gasteiger partial charge in [0.2, 0.25) is 0 Å². The van der Waals surface area contributed by atoms with Gasteiger partial charge in [-0.15, -0.1) is 0 Å². The zero-order valence-corrected chi connectivity index (χ0v) is 8.31. The fourth-order valence-corrected chi connectivity index (χ4v) is 1.20. The molecule has 1 saturated heterocycles. The predicted molar refractivity (Wildman–Crippen MR) is 54.6 cm³/mol. The molecule has 2 atom stereocenters. The highest BCUT2D eigenvalue weighted by atomic mass is 16.7. The molecule has 1 aromatic carbocycles. The van der Waals surface area contributed by atoms with Gasteiger partial charge in [0.15, 0.2) is 0 Å². The number of ether oxygens (including phenoxy) is 2. The average molecular weight is 191 g/mol. The lowest BCUT2D eigenvalue weighted by Gasteiger charge is -2.01. The van der Waals surface area contributed by atoms with E-state index in [0.717, 1.165) is 5.69 Å². The lowest BCUT2D eigenvalue weighted by Crippen LogP contribution is -2.13. The minimum absolute atomic E-state index is 0.0810. The summed E-state index contributed by atoms with van der Waals surface area (Å²) in [6.07, 6.45) is 0.533. The summed E-state index contributed by atoms with van der Waals surface area (Å²) < 4.78 is 10.8. The quantitative estimate of drug-likeness (QED) is 0.682. The SMILES string of the molecule is CC1OC(=Nc2ccccc2)OC1C. The Morgan fingerprint density at radius 3 is 2.14 bits per heavy atom. The Labute approximate surface area is 83.4 Å². The number of benzene rings is 1. The maximum atomic E-state index is 5.41. The predicted octanol–water partition coefficient (Wildman–Crippen LogP) is 2.50. The topological polar surface area (TPSA) is 30.8 Å². The van der Waals surface area contributed by atoms with E-state index in [1.165, 1.54) is 0 Å². The molecule has 1 aliphatic rings. The van der Waals surface area contributed by atoms with Gasteiger partial charge in [0, 0.05) is 0 Å². The summed E-state index contributed by atoms with van der Waals surface area (Å²) in [7, 11) is 0. The third kappa shape index (κ3) is 1.87. The van der Waals surface area contributed by atoms with E-state index in [2.05, 4.69) is 4.99 Å². The van der Waals surface area contributed by atoms with Gasteiger partial charge in [-0.25, -0.2) is 0 Å². The van der Waals surface area contributed by atoms with Crippen molar-refractivity contribution in [1.82, 2.24) is 0 Å². The number of para-hydroxylation sites is 1. The molecule has 0 radical (unpaired) electrons. The van der Waals surface area contributed by atoms with Gasteiger partial charge in [-0.3, -0.25) is 0 Å². The van der Waals surface area contributed by atoms with Gasteiger partial charge in [0.05, 0.1) is 5.69 Å². The first-order valence-electron chi connectivity index (χ1n) is 4.73. The van der Waals surface area contributed by atoms with Crippen LogP contribution in [0.1, 0.15) is 13.8 Å². The Bertz CT molecular complexity index is 322. The van der Waals surface area contributed by atoms with Gasteiger partial charge in [-0.1, -0.05) is 18.2 Å². The molecule has 2 unspecified atom stereocenters. The average Bonchev–Trinajstić information content (AvgIpc) is 2.47. The Balaban J connectivity index is 2.14. The van der Waals surface area contributed by atoms with E-state index in [9.17, 15) is 0 Å². The van der Waals surface area contributed by atoms with Crippen molar-refractivity contribution < 1.29 is 9.47 Å². The van der Waals surface area contributed by atoms with Crippen molar-refractivity contribution in [3.63, 3.8) is 0 Å². The van der Waals surface area contributed by atoms with E-state index in [-0.39, 0.29) is 12.2 Å². The standard InChI is InChI=1S/C11H13NO2/c1-8-9(2)14-11(13-8)12-10-6-4-3-5-7-10/h3-9H,1-2H3. The van der Waals surface area contributed by atoms with Crippen molar-refractivity contribution in [3.05, 3.63) is 30.3 Å². The highest BCUT2D eigenvalue weighted by Gasteiger charge is 2.27. The summed E-state index contributed by atoms with van der Waals surface area (Å²) in [5, 5.41) is 0. The van der Waals surface area contributed by atoms with E-state index in [1.54, 1.807) is 0 Å². The molecule has 0 saturated carbocycles. The first-order valence-corrected chi connectivity index (χ1v) is 4.73. The summed E-state index contributed by atoms with van der Waals surface area (Å²) in [6.45, 7) is 3.94. The zero-order chi connectivity index (χ0) is 9.97. The molecule has 0 amide bonds. The minimum Gasteiger partial charge on any atom is -0.444 e. The van der Waals surface area contributed by atoms with Gasteiger partial charge >= 0.3 is 6.08 Å². The van der Waals surface area contributed by atoms with Crippen molar-refractivity contribution >= 4 is 11.8 Å². The van der Waals surface area contributed by atoms with Crippen LogP contribution >= 0.6 is 0 Å². The second kappa shape index (κ2) is 3.70. The molecule has 1 heterocycles. The Kier molecular flexibility index (Phi) is 2.39. The summed E-state index contributed by atoms with van der Waals surface area (Å²) in [6, 6.07) is 9.63. The van der Waals surface area contributed by atoms with E-state index >= 15 is 0 Å². The van der Waals surface area contributed by atoms with Crippen LogP contribution in [0.4, 0.5) is 5.69 Å². The molecule has 14 heavy (non-hydrogen) atoms. The lowest BCUT2D eigenvalue weighted by atomic mass is 10.3. The Morgan fingerprint density at radius 1 is 1.00 bits per heavy atom. The molecule has 3 nitrogen and oxygen atoms in total. The smallest absolute Gasteiger partial charge is 0.389 e. The van der Waals surface area contributed by atoms with E-state index in [4.69, 9.17) is 9.47 Å². The van der Waals surface area contributed by atoms with Crippen LogP contribution in [-0.2, 0) is 9.47 Å². The molecule has 0 N–H and O–H groups in total. The molecule has 3 heteroatoms. The van der Waals surface area contributed by atoms with Crippen LogP contribution < -0.4 is 0 Å². The summed E-state index contributed by atoms with van der Waals surface area (Å²) >= 11 is 0. The fraction of sp³-hybridized carbons (Fsp3) is 0.364. The van der Waals surface area contributed by atoms with Crippen molar-refractivity contribution in [3.8, 4) is 0 Å². The third-order valence-electron chi connectivity index (χ3n) is 2.21. The lowest BCUT2D eigenvalue weighted by molar-refractivity contribution is 0.187. The molecule has 0 spiro atoms. The molecule has 1 fully saturated rings. The highest BCUT2D eigenvalue weighted by Crippen LogP contribution is 2.18. The minimum atomic E-state index is 0.0810. The first kappa shape index (κ1) is 9.06. The maximum absolute atomic E-state index is 5.41. The normalized spacial score (nSPS) is 25.4. The van der Waals surface area contributed by atoms with Crippen LogP contribution in [0.15, 0.2) is 35.3 Å². The van der Waals surface area contributed by atoms with E-state index < -0.39 is 0 Å². The summed E-state index contributed by atoms with van der Waals surface area (Å²) in [4.78, 5) is 4.23. The molecular formula is C11H13NO2. The van der Waals surface area contributed by atoms with E-state index in [0.29, 0.717) is 6.08 Å². The van der Waals surface area contributed by atoms with Crippen LogP contribution in [-0.4, -0.2) is 18.3 Å². The fourth-order valence-electron chi connectivity index (χ4n) is 1.20. The van der Waals surface area contributed by atoms with Crippen LogP contribution in [0.3, 0.4) is 0 Å². The number of aliphatic imine (C=N–C) groups is 1. The summed E-state index contributed by atoms with van der Waals surface area (Å²) in [5.74, 6) is 0. The zero-order valence-electron chi connectivity index (χ0n) is 8.31. The number of nitrogens with zero attached hydrogens (tertiary/aromatic N) is 1. The molecule has 1 aromatic rings. The second-order valence-electron chi connectivity index (χ2n) is 3.36.